The van der Waals surface area contributed by atoms with Crippen molar-refractivity contribution in [3.05, 3.63) is 36.0 Å². The number of hydrogen-bond acceptors (Lipinski definition) is 4. The monoisotopic (exact) mass is 271 g/mol. The molecule has 1 fully saturated rings. The average molecular weight is 271 g/mol. The van der Waals surface area contributed by atoms with Gasteiger partial charge in [-0.05, 0) is 5.56 Å². The summed E-state index contributed by atoms with van der Waals surface area (Å²) in [6.07, 6.45) is 0. The number of nitrogens with two attached hydrogens (primary N) is 1. The Morgan fingerprint density at radius 3 is 2.60 bits per heavy atom. The third-order valence-corrected chi connectivity index (χ3v) is 3.47. The summed E-state index contributed by atoms with van der Waals surface area (Å²) in [7, 11) is 0. The summed E-state index contributed by atoms with van der Waals surface area (Å²) in [6, 6.07) is 9.62. The summed E-state index contributed by atoms with van der Waals surface area (Å²) in [6.45, 7) is 3.03. The predicted molar refractivity (Wildman–Crippen MR) is 77.2 cm³/mol. The number of carbonyl (C=O) groups is 1. The van der Waals surface area contributed by atoms with Crippen molar-refractivity contribution in [2.75, 3.05) is 31.9 Å². The summed E-state index contributed by atoms with van der Waals surface area (Å²) >= 11 is 0. The van der Waals surface area contributed by atoms with Crippen molar-refractivity contribution in [3.63, 3.8) is 0 Å². The normalized spacial score (nSPS) is 15.3. The topological polar surface area (TPSA) is 87.0 Å². The molecular formula is C14H17N5O. The molecule has 3 rings (SSSR count). The third kappa shape index (κ3) is 2.25. The van der Waals surface area contributed by atoms with Crippen LogP contribution < -0.4 is 11.1 Å². The van der Waals surface area contributed by atoms with Gasteiger partial charge in [0.1, 0.15) is 5.69 Å². The smallest absolute Gasteiger partial charge is 0.272 e. The van der Waals surface area contributed by atoms with E-state index in [2.05, 4.69) is 15.5 Å². The second-order valence-electron chi connectivity index (χ2n) is 4.77. The van der Waals surface area contributed by atoms with Gasteiger partial charge in [0.25, 0.3) is 5.91 Å². The highest BCUT2D eigenvalue weighted by Crippen LogP contribution is 2.28. The van der Waals surface area contributed by atoms with Crippen LogP contribution in [0.4, 0.5) is 5.82 Å². The molecule has 1 aliphatic heterocycles. The van der Waals surface area contributed by atoms with Crippen molar-refractivity contribution in [1.82, 2.24) is 20.4 Å². The van der Waals surface area contributed by atoms with Crippen LogP contribution in [-0.2, 0) is 0 Å². The molecule has 0 radical (unpaired) electrons. The van der Waals surface area contributed by atoms with E-state index in [4.69, 9.17) is 5.73 Å². The summed E-state index contributed by atoms with van der Waals surface area (Å²) in [5, 5.41) is 10.0. The van der Waals surface area contributed by atoms with Crippen molar-refractivity contribution in [1.29, 1.82) is 0 Å². The van der Waals surface area contributed by atoms with Gasteiger partial charge in [0.05, 0.1) is 5.56 Å². The van der Waals surface area contributed by atoms with Crippen molar-refractivity contribution in [2.45, 2.75) is 0 Å². The zero-order chi connectivity index (χ0) is 13.9. The van der Waals surface area contributed by atoms with Crippen molar-refractivity contribution in [3.8, 4) is 11.1 Å². The van der Waals surface area contributed by atoms with E-state index in [0.717, 1.165) is 18.7 Å². The maximum Gasteiger partial charge on any atom is 0.272 e. The average Bonchev–Trinajstić information content (AvgIpc) is 2.90. The first kappa shape index (κ1) is 12.7. The number of aromatic amines is 1. The van der Waals surface area contributed by atoms with E-state index < -0.39 is 0 Å². The van der Waals surface area contributed by atoms with Crippen LogP contribution in [0.25, 0.3) is 11.1 Å². The third-order valence-electron chi connectivity index (χ3n) is 3.47. The molecule has 104 valence electrons. The number of aromatic nitrogens is 2. The SMILES string of the molecule is Nc1n[nH]c(C(=O)N2CCNCC2)c1-c1ccccc1. The van der Waals surface area contributed by atoms with E-state index in [0.29, 0.717) is 30.2 Å². The van der Waals surface area contributed by atoms with Crippen LogP contribution in [0.1, 0.15) is 10.5 Å². The second-order valence-corrected chi connectivity index (χ2v) is 4.77. The number of rotatable bonds is 2. The van der Waals surface area contributed by atoms with Gasteiger partial charge >= 0.3 is 0 Å². The minimum atomic E-state index is -0.0467. The lowest BCUT2D eigenvalue weighted by Crippen LogP contribution is -2.46. The van der Waals surface area contributed by atoms with E-state index in [1.807, 2.05) is 35.2 Å². The van der Waals surface area contributed by atoms with Gasteiger partial charge in [-0.2, -0.15) is 5.10 Å². The molecule has 1 amide bonds. The maximum absolute atomic E-state index is 12.6. The Hall–Kier alpha value is -2.34. The quantitative estimate of drug-likeness (QED) is 0.750. The van der Waals surface area contributed by atoms with Gasteiger partial charge < -0.3 is 16.0 Å². The highest BCUT2D eigenvalue weighted by atomic mass is 16.2. The van der Waals surface area contributed by atoms with E-state index in [1.54, 1.807) is 0 Å². The molecule has 1 saturated heterocycles. The fourth-order valence-electron chi connectivity index (χ4n) is 2.43. The summed E-state index contributed by atoms with van der Waals surface area (Å²) in [5.41, 5.74) is 7.97. The number of nitrogens with zero attached hydrogens (tertiary/aromatic N) is 2. The molecule has 1 aromatic carbocycles. The van der Waals surface area contributed by atoms with E-state index in [-0.39, 0.29) is 5.91 Å². The zero-order valence-electron chi connectivity index (χ0n) is 11.1. The first-order chi connectivity index (χ1) is 9.77. The number of amides is 1. The van der Waals surface area contributed by atoms with Gasteiger partial charge in [0.2, 0.25) is 0 Å². The number of nitrogens with one attached hydrogen (secondary N) is 2. The highest BCUT2D eigenvalue weighted by Gasteiger charge is 2.24. The molecule has 0 saturated carbocycles. The Kier molecular flexibility index (Phi) is 3.39. The molecule has 1 aliphatic rings. The molecule has 2 aromatic rings. The fourth-order valence-corrected chi connectivity index (χ4v) is 2.43. The lowest BCUT2D eigenvalue weighted by molar-refractivity contribution is 0.0730. The summed E-state index contributed by atoms with van der Waals surface area (Å²) in [5.74, 6) is 0.309. The molecule has 0 aliphatic carbocycles. The van der Waals surface area contributed by atoms with E-state index in [1.165, 1.54) is 0 Å². The van der Waals surface area contributed by atoms with Crippen LogP contribution in [0.5, 0.6) is 0 Å². The molecule has 20 heavy (non-hydrogen) atoms. The van der Waals surface area contributed by atoms with Crippen LogP contribution in [0.15, 0.2) is 30.3 Å². The number of carbonyl (C=O) groups excluding carboxylic acids is 1. The minimum absolute atomic E-state index is 0.0467. The Labute approximate surface area is 117 Å². The molecule has 0 spiro atoms. The lowest BCUT2D eigenvalue weighted by atomic mass is 10.0. The van der Waals surface area contributed by atoms with Crippen LogP contribution in [0.3, 0.4) is 0 Å². The van der Waals surface area contributed by atoms with Crippen LogP contribution >= 0.6 is 0 Å². The van der Waals surface area contributed by atoms with E-state index in [9.17, 15) is 4.79 Å². The number of benzene rings is 1. The largest absolute Gasteiger partial charge is 0.382 e. The number of anilines is 1. The van der Waals surface area contributed by atoms with Crippen molar-refractivity contribution < 1.29 is 4.79 Å². The molecule has 6 heteroatoms. The number of H-pyrrole nitrogens is 1. The minimum Gasteiger partial charge on any atom is -0.382 e. The molecule has 0 bridgehead atoms. The number of hydrogen-bond donors (Lipinski definition) is 3. The lowest BCUT2D eigenvalue weighted by Gasteiger charge is -2.27. The number of piperazine rings is 1. The Balaban J connectivity index is 1.96. The molecule has 0 atom stereocenters. The first-order valence-electron chi connectivity index (χ1n) is 6.66. The van der Waals surface area contributed by atoms with Gasteiger partial charge in [-0.3, -0.25) is 9.89 Å². The molecule has 4 N–H and O–H groups in total. The molecule has 0 unspecified atom stereocenters. The second kappa shape index (κ2) is 5.34. The number of nitrogen functional groups attached to an aromatic ring is 1. The van der Waals surface area contributed by atoms with Crippen LogP contribution in [0, 0.1) is 0 Å². The standard InChI is InChI=1S/C14H17N5O/c15-13-11(10-4-2-1-3-5-10)12(17-18-13)14(20)19-8-6-16-7-9-19/h1-5,16H,6-9H2,(H3,15,17,18). The Morgan fingerprint density at radius 1 is 1.20 bits per heavy atom. The van der Waals surface area contributed by atoms with Gasteiger partial charge in [0, 0.05) is 26.2 Å². The molecule has 2 heterocycles. The Morgan fingerprint density at radius 2 is 1.90 bits per heavy atom. The Bertz CT molecular complexity index is 601. The summed E-state index contributed by atoms with van der Waals surface area (Å²) in [4.78, 5) is 14.4. The molecule has 6 nitrogen and oxygen atoms in total. The van der Waals surface area contributed by atoms with Crippen molar-refractivity contribution >= 4 is 11.7 Å². The predicted octanol–water partition coefficient (Wildman–Crippen LogP) is 0.704. The summed E-state index contributed by atoms with van der Waals surface area (Å²) < 4.78 is 0. The van der Waals surface area contributed by atoms with Gasteiger partial charge in [-0.25, -0.2) is 0 Å². The van der Waals surface area contributed by atoms with E-state index >= 15 is 0 Å². The van der Waals surface area contributed by atoms with Gasteiger partial charge in [0.15, 0.2) is 5.82 Å². The first-order valence-corrected chi connectivity index (χ1v) is 6.66. The molecule has 1 aromatic heterocycles. The van der Waals surface area contributed by atoms with Gasteiger partial charge in [-0.15, -0.1) is 0 Å². The van der Waals surface area contributed by atoms with Crippen LogP contribution in [0.2, 0.25) is 0 Å². The maximum atomic E-state index is 12.6. The zero-order valence-corrected chi connectivity index (χ0v) is 11.1. The van der Waals surface area contributed by atoms with Gasteiger partial charge in [-0.1, -0.05) is 30.3 Å². The highest BCUT2D eigenvalue weighted by molar-refractivity contribution is 6.01. The van der Waals surface area contributed by atoms with Crippen molar-refractivity contribution in [2.24, 2.45) is 0 Å². The molecular weight excluding hydrogens is 254 g/mol. The fraction of sp³-hybridized carbons (Fsp3) is 0.286. The van der Waals surface area contributed by atoms with Crippen LogP contribution in [-0.4, -0.2) is 47.2 Å².